The van der Waals surface area contributed by atoms with Gasteiger partial charge in [-0.2, -0.15) is 0 Å². The van der Waals surface area contributed by atoms with E-state index in [9.17, 15) is 22.8 Å². The fraction of sp³-hybridized carbons (Fsp3) is 0. The van der Waals surface area contributed by atoms with Crippen LogP contribution in [0.3, 0.4) is 0 Å². The van der Waals surface area contributed by atoms with E-state index in [0.29, 0.717) is 6.07 Å². The average molecular weight is 248 g/mol. The number of carbonyl (C=O) groups is 2. The predicted molar refractivity (Wildman–Crippen MR) is 44.1 cm³/mol. The van der Waals surface area contributed by atoms with Gasteiger partial charge in [0, 0.05) is 12.1 Å². The first kappa shape index (κ1) is 11.2. The molecule has 9 heteroatoms. The van der Waals surface area contributed by atoms with Crippen molar-refractivity contribution >= 4 is 17.6 Å². The summed E-state index contributed by atoms with van der Waals surface area (Å²) in [4.78, 5) is 29.6. The van der Waals surface area contributed by atoms with E-state index in [0.717, 1.165) is 0 Å². The van der Waals surface area contributed by atoms with Crippen molar-refractivity contribution in [2.24, 2.45) is 0 Å². The number of halogens is 3. The fourth-order valence-electron chi connectivity index (χ4n) is 1.03. The summed E-state index contributed by atoms with van der Waals surface area (Å²) in [6.45, 7) is 0. The third-order valence-corrected chi connectivity index (χ3v) is 1.77. The van der Waals surface area contributed by atoms with Crippen LogP contribution < -0.4 is 10.8 Å². The molecule has 0 atom stereocenters. The second-order valence-electron chi connectivity index (χ2n) is 2.87. The third-order valence-electron chi connectivity index (χ3n) is 1.77. The van der Waals surface area contributed by atoms with Crippen LogP contribution in [0.15, 0.2) is 12.1 Å². The molecule has 1 aromatic rings. The minimum atomic E-state index is -1.44. The first-order chi connectivity index (χ1) is 7.99. The Balaban J connectivity index is 2.32. The highest BCUT2D eigenvalue weighted by molar-refractivity contribution is 6.30. The summed E-state index contributed by atoms with van der Waals surface area (Å²) in [5, 5.41) is 0.252. The van der Waals surface area contributed by atoms with E-state index >= 15 is 0 Å². The van der Waals surface area contributed by atoms with Gasteiger partial charge in [0.25, 0.3) is 0 Å². The van der Waals surface area contributed by atoms with Gasteiger partial charge in [0.1, 0.15) is 5.69 Å². The maximum Gasteiger partial charge on any atom is 0.444 e. The molecular weight excluding hydrogens is 245 g/mol. The highest BCUT2D eigenvalue weighted by Crippen LogP contribution is 2.22. The summed E-state index contributed by atoms with van der Waals surface area (Å²) >= 11 is 0. The zero-order chi connectivity index (χ0) is 12.6. The number of nitrogens with one attached hydrogen (secondary N) is 1. The number of rotatable bonds is 1. The molecule has 0 spiro atoms. The Hall–Kier alpha value is -2.29. The molecule has 0 aromatic heterocycles. The molecule has 1 aliphatic rings. The van der Waals surface area contributed by atoms with Gasteiger partial charge in [-0.05, 0) is 5.59 Å². The minimum Gasteiger partial charge on any atom is -0.338 e. The number of nitrogens with zero attached hydrogens (tertiary/aromatic N) is 1. The first-order valence-electron chi connectivity index (χ1n) is 4.12. The van der Waals surface area contributed by atoms with Crippen LogP contribution in [0.5, 0.6) is 0 Å². The van der Waals surface area contributed by atoms with Crippen molar-refractivity contribution in [1.82, 2.24) is 5.59 Å². The lowest BCUT2D eigenvalue weighted by atomic mass is 10.3. The molecule has 0 radical (unpaired) electrons. The second-order valence-corrected chi connectivity index (χ2v) is 2.87. The molecule has 90 valence electrons. The molecule has 0 unspecified atom stereocenters. The first-order valence-corrected chi connectivity index (χ1v) is 4.12. The molecule has 0 amide bonds. The standard InChI is InChI=1S/C8H3F3N2O4/c9-3-1-5(11)6(2-4(3)10)13-12-16-7(14)8(15)17-13/h1-2,12H. The van der Waals surface area contributed by atoms with E-state index < -0.39 is 35.1 Å². The van der Waals surface area contributed by atoms with Gasteiger partial charge < -0.3 is 9.68 Å². The lowest BCUT2D eigenvalue weighted by molar-refractivity contribution is -0.192. The van der Waals surface area contributed by atoms with Crippen LogP contribution >= 0.6 is 0 Å². The van der Waals surface area contributed by atoms with Gasteiger partial charge in [-0.3, -0.25) is 0 Å². The van der Waals surface area contributed by atoms with Crippen LogP contribution in [0.4, 0.5) is 18.9 Å². The lowest BCUT2D eigenvalue weighted by Gasteiger charge is -2.25. The van der Waals surface area contributed by atoms with Crippen molar-refractivity contribution in [3.05, 3.63) is 29.6 Å². The molecule has 17 heavy (non-hydrogen) atoms. The second kappa shape index (κ2) is 3.94. The summed E-state index contributed by atoms with van der Waals surface area (Å²) in [6.07, 6.45) is 0. The Kier molecular flexibility index (Phi) is 2.60. The van der Waals surface area contributed by atoms with Crippen LogP contribution in [-0.2, 0) is 19.3 Å². The molecule has 1 aliphatic heterocycles. The third kappa shape index (κ3) is 1.99. The number of hydrogen-bond acceptors (Lipinski definition) is 6. The summed E-state index contributed by atoms with van der Waals surface area (Å²) < 4.78 is 38.7. The number of benzene rings is 1. The molecule has 1 aromatic carbocycles. The van der Waals surface area contributed by atoms with E-state index in [1.165, 1.54) is 0 Å². The van der Waals surface area contributed by atoms with E-state index in [-0.39, 0.29) is 11.2 Å². The normalized spacial score (nSPS) is 15.6. The summed E-state index contributed by atoms with van der Waals surface area (Å²) in [5.74, 6) is -6.79. The quantitative estimate of drug-likeness (QED) is 0.571. The van der Waals surface area contributed by atoms with Crippen LogP contribution in [0.2, 0.25) is 0 Å². The summed E-state index contributed by atoms with van der Waals surface area (Å²) in [7, 11) is 0. The van der Waals surface area contributed by atoms with Gasteiger partial charge in [-0.25, -0.2) is 22.8 Å². The minimum absolute atomic E-state index is 0.247. The summed E-state index contributed by atoms with van der Waals surface area (Å²) in [5.41, 5.74) is 1.05. The SMILES string of the molecule is O=C1ONN(c2cc(F)c(F)cc2F)OC1=O. The number of carbonyl (C=O) groups excluding carboxylic acids is 2. The molecule has 1 heterocycles. The van der Waals surface area contributed by atoms with Crippen molar-refractivity contribution < 1.29 is 32.4 Å². The molecule has 6 nitrogen and oxygen atoms in total. The maximum atomic E-state index is 13.2. The molecule has 1 N–H and O–H groups in total. The van der Waals surface area contributed by atoms with Gasteiger partial charge in [-0.1, -0.05) is 5.17 Å². The average Bonchev–Trinajstić information content (AvgIpc) is 2.27. The van der Waals surface area contributed by atoms with Crippen LogP contribution in [0.1, 0.15) is 0 Å². The maximum absolute atomic E-state index is 13.2. The molecule has 2 rings (SSSR count). The van der Waals surface area contributed by atoms with Gasteiger partial charge in [0.05, 0.1) is 0 Å². The lowest BCUT2D eigenvalue weighted by Crippen LogP contribution is -2.50. The summed E-state index contributed by atoms with van der Waals surface area (Å²) in [6, 6.07) is 0.667. The predicted octanol–water partition coefficient (Wildman–Crippen LogP) is 0.345. The van der Waals surface area contributed by atoms with Crippen molar-refractivity contribution in [1.29, 1.82) is 0 Å². The fourth-order valence-corrected chi connectivity index (χ4v) is 1.03. The molecule has 0 bridgehead atoms. The van der Waals surface area contributed by atoms with Crippen molar-refractivity contribution in [3.63, 3.8) is 0 Å². The van der Waals surface area contributed by atoms with Crippen LogP contribution in [-0.4, -0.2) is 11.9 Å². The largest absolute Gasteiger partial charge is 0.444 e. The number of anilines is 1. The monoisotopic (exact) mass is 248 g/mol. The highest BCUT2D eigenvalue weighted by Gasteiger charge is 2.31. The Morgan fingerprint density at radius 1 is 1.00 bits per heavy atom. The zero-order valence-electron chi connectivity index (χ0n) is 7.87. The van der Waals surface area contributed by atoms with Crippen LogP contribution in [0, 0.1) is 17.5 Å². The van der Waals surface area contributed by atoms with Crippen molar-refractivity contribution in [2.75, 3.05) is 5.17 Å². The van der Waals surface area contributed by atoms with Crippen molar-refractivity contribution in [2.45, 2.75) is 0 Å². The Bertz CT molecular complexity index is 508. The van der Waals surface area contributed by atoms with E-state index in [1.54, 1.807) is 5.59 Å². The number of hydrazine groups is 1. The molecule has 1 saturated heterocycles. The van der Waals surface area contributed by atoms with Crippen molar-refractivity contribution in [3.8, 4) is 0 Å². The zero-order valence-corrected chi connectivity index (χ0v) is 7.87. The van der Waals surface area contributed by atoms with Gasteiger partial charge in [0.15, 0.2) is 17.5 Å². The Morgan fingerprint density at radius 3 is 2.29 bits per heavy atom. The highest BCUT2D eigenvalue weighted by atomic mass is 19.2. The molecule has 0 aliphatic carbocycles. The van der Waals surface area contributed by atoms with E-state index in [1.807, 2.05) is 0 Å². The van der Waals surface area contributed by atoms with E-state index in [4.69, 9.17) is 0 Å². The smallest absolute Gasteiger partial charge is 0.338 e. The molecule has 0 saturated carbocycles. The molecule has 1 fully saturated rings. The van der Waals surface area contributed by atoms with Gasteiger partial charge >= 0.3 is 11.9 Å². The molecular formula is C8H3F3N2O4. The Morgan fingerprint density at radius 2 is 1.65 bits per heavy atom. The van der Waals surface area contributed by atoms with Gasteiger partial charge in [-0.15, -0.1) is 0 Å². The number of hydrogen-bond donors (Lipinski definition) is 1. The van der Waals surface area contributed by atoms with Gasteiger partial charge in [0.2, 0.25) is 0 Å². The van der Waals surface area contributed by atoms with E-state index in [2.05, 4.69) is 9.68 Å². The van der Waals surface area contributed by atoms with Crippen LogP contribution in [0.25, 0.3) is 0 Å². The Labute approximate surface area is 91.4 Å². The topological polar surface area (TPSA) is 67.9 Å².